The highest BCUT2D eigenvalue weighted by molar-refractivity contribution is 5.74. The summed E-state index contributed by atoms with van der Waals surface area (Å²) in [6, 6.07) is 2.48. The normalized spacial score (nSPS) is 17.8. The van der Waals surface area contributed by atoms with Crippen molar-refractivity contribution in [3.05, 3.63) is 41.9 Å². The lowest BCUT2D eigenvalue weighted by atomic mass is 10.0. The van der Waals surface area contributed by atoms with Crippen LogP contribution in [0.4, 0.5) is 5.82 Å². The number of hydrogen-bond donors (Lipinski definition) is 1. The number of anilines is 1. The zero-order chi connectivity index (χ0) is 22.2. The van der Waals surface area contributed by atoms with Crippen LogP contribution in [-0.2, 0) is 11.3 Å². The lowest BCUT2D eigenvalue weighted by molar-refractivity contribution is -0.119. The maximum Gasteiger partial charge on any atom is 0.217 e. The molecule has 1 aliphatic carbocycles. The summed E-state index contributed by atoms with van der Waals surface area (Å²) in [6.45, 7) is 6.11. The van der Waals surface area contributed by atoms with E-state index in [4.69, 9.17) is 9.97 Å². The van der Waals surface area contributed by atoms with Crippen molar-refractivity contribution in [3.8, 4) is 17.1 Å². The molecule has 0 radical (unpaired) electrons. The molecule has 1 N–H and O–H groups in total. The van der Waals surface area contributed by atoms with E-state index in [-0.39, 0.29) is 11.9 Å². The quantitative estimate of drug-likeness (QED) is 0.660. The maximum absolute atomic E-state index is 11.5. The summed E-state index contributed by atoms with van der Waals surface area (Å²) in [5, 5.41) is 11.6. The zero-order valence-electron chi connectivity index (χ0n) is 18.7. The van der Waals surface area contributed by atoms with Crippen LogP contribution in [0.25, 0.3) is 17.1 Å². The van der Waals surface area contributed by atoms with Crippen molar-refractivity contribution < 1.29 is 4.79 Å². The SMILES string of the molecule is CC[C@@H]1c2nncn2-c2c(C)nc(-c3ccncc3CNC(C)=O)nc2N1C1CCCC1. The Morgan fingerprint density at radius 3 is 2.81 bits per heavy atom. The number of carbonyl (C=O) groups is 1. The Kier molecular flexibility index (Phi) is 5.32. The fourth-order valence-electron chi connectivity index (χ4n) is 5.04. The number of aryl methyl sites for hydroxylation is 1. The predicted octanol–water partition coefficient (Wildman–Crippen LogP) is 3.28. The summed E-state index contributed by atoms with van der Waals surface area (Å²) in [5.41, 5.74) is 3.62. The highest BCUT2D eigenvalue weighted by Gasteiger charge is 2.39. The molecular formula is C23H28N8O. The van der Waals surface area contributed by atoms with E-state index in [1.807, 2.05) is 13.0 Å². The summed E-state index contributed by atoms with van der Waals surface area (Å²) >= 11 is 0. The molecule has 0 unspecified atom stereocenters. The van der Waals surface area contributed by atoms with Gasteiger partial charge < -0.3 is 10.2 Å². The first-order valence-corrected chi connectivity index (χ1v) is 11.3. The minimum absolute atomic E-state index is 0.0827. The molecule has 3 aromatic rings. The summed E-state index contributed by atoms with van der Waals surface area (Å²) in [7, 11) is 0. The Hall–Kier alpha value is -3.36. The van der Waals surface area contributed by atoms with E-state index in [0.717, 1.165) is 53.4 Å². The van der Waals surface area contributed by atoms with Crippen molar-refractivity contribution in [2.75, 3.05) is 4.90 Å². The van der Waals surface area contributed by atoms with Crippen LogP contribution in [0.15, 0.2) is 24.8 Å². The average Bonchev–Trinajstić information content (AvgIpc) is 3.48. The van der Waals surface area contributed by atoms with Gasteiger partial charge >= 0.3 is 0 Å². The molecule has 1 atom stereocenters. The van der Waals surface area contributed by atoms with Gasteiger partial charge in [0.2, 0.25) is 5.91 Å². The van der Waals surface area contributed by atoms with Gasteiger partial charge in [-0.05, 0) is 32.3 Å². The van der Waals surface area contributed by atoms with Gasteiger partial charge in [0.25, 0.3) is 0 Å². The molecular weight excluding hydrogens is 404 g/mol. The van der Waals surface area contributed by atoms with Gasteiger partial charge in [0.05, 0.1) is 11.7 Å². The summed E-state index contributed by atoms with van der Waals surface area (Å²) in [6.07, 6.45) is 11.0. The van der Waals surface area contributed by atoms with Crippen LogP contribution in [0.2, 0.25) is 0 Å². The van der Waals surface area contributed by atoms with Gasteiger partial charge in [-0.2, -0.15) is 0 Å². The number of pyridine rings is 1. The van der Waals surface area contributed by atoms with E-state index in [1.54, 1.807) is 18.7 Å². The number of amides is 1. The summed E-state index contributed by atoms with van der Waals surface area (Å²) < 4.78 is 2.05. The first-order valence-electron chi connectivity index (χ1n) is 11.3. The Bertz CT molecular complexity index is 1150. The minimum Gasteiger partial charge on any atom is -0.352 e. The standard InChI is InChI=1S/C23H28N8O/c1-4-19-22-29-26-13-30(22)20-14(2)27-21(28-23(20)31(19)17-7-5-6-8-17)18-9-10-24-11-16(18)12-25-15(3)32/h9-11,13,17,19H,4-8,12H2,1-3H3,(H,25,32)/t19-/m1/s1. The predicted molar refractivity (Wildman–Crippen MR) is 120 cm³/mol. The molecule has 3 aromatic heterocycles. The van der Waals surface area contributed by atoms with Crippen LogP contribution >= 0.6 is 0 Å². The maximum atomic E-state index is 11.5. The average molecular weight is 433 g/mol. The molecule has 4 heterocycles. The Labute approximate surface area is 187 Å². The summed E-state index contributed by atoms with van der Waals surface area (Å²) in [4.78, 5) is 28.2. The van der Waals surface area contributed by atoms with Gasteiger partial charge in [0, 0.05) is 43.0 Å². The van der Waals surface area contributed by atoms with Crippen LogP contribution in [0.1, 0.15) is 69.1 Å². The molecule has 32 heavy (non-hydrogen) atoms. The van der Waals surface area contributed by atoms with Crippen LogP contribution in [0.3, 0.4) is 0 Å². The fraction of sp³-hybridized carbons (Fsp3) is 0.478. The zero-order valence-corrected chi connectivity index (χ0v) is 18.7. The van der Waals surface area contributed by atoms with Gasteiger partial charge in [-0.3, -0.25) is 14.3 Å². The molecule has 0 saturated heterocycles. The highest BCUT2D eigenvalue weighted by Crippen LogP contribution is 2.44. The second-order valence-corrected chi connectivity index (χ2v) is 8.58. The van der Waals surface area contributed by atoms with Crippen molar-refractivity contribution in [2.24, 2.45) is 0 Å². The second-order valence-electron chi connectivity index (χ2n) is 8.58. The van der Waals surface area contributed by atoms with Gasteiger partial charge in [-0.25, -0.2) is 9.97 Å². The molecule has 0 bridgehead atoms. The highest BCUT2D eigenvalue weighted by atomic mass is 16.1. The molecule has 5 rings (SSSR count). The van der Waals surface area contributed by atoms with Gasteiger partial charge in [0.15, 0.2) is 17.5 Å². The molecule has 0 spiro atoms. The van der Waals surface area contributed by atoms with E-state index >= 15 is 0 Å². The molecule has 1 aliphatic heterocycles. The lowest BCUT2D eigenvalue weighted by Crippen LogP contribution is -2.42. The van der Waals surface area contributed by atoms with Crippen LogP contribution in [0, 0.1) is 6.92 Å². The molecule has 0 aromatic carbocycles. The third-order valence-corrected chi connectivity index (χ3v) is 6.51. The van der Waals surface area contributed by atoms with Crippen molar-refractivity contribution in [2.45, 2.75) is 71.5 Å². The van der Waals surface area contributed by atoms with Crippen molar-refractivity contribution in [1.82, 2.24) is 35.0 Å². The Morgan fingerprint density at radius 2 is 2.06 bits per heavy atom. The molecule has 9 heteroatoms. The van der Waals surface area contributed by atoms with E-state index in [0.29, 0.717) is 18.4 Å². The molecule has 9 nitrogen and oxygen atoms in total. The van der Waals surface area contributed by atoms with E-state index in [1.165, 1.54) is 19.8 Å². The summed E-state index contributed by atoms with van der Waals surface area (Å²) in [5.74, 6) is 2.47. The van der Waals surface area contributed by atoms with Gasteiger partial charge in [-0.1, -0.05) is 19.8 Å². The molecule has 2 aliphatic rings. The van der Waals surface area contributed by atoms with Crippen LogP contribution in [0.5, 0.6) is 0 Å². The number of rotatable bonds is 5. The first kappa shape index (κ1) is 20.5. The van der Waals surface area contributed by atoms with Crippen molar-refractivity contribution in [3.63, 3.8) is 0 Å². The number of fused-ring (bicyclic) bond motifs is 3. The van der Waals surface area contributed by atoms with E-state index in [9.17, 15) is 4.79 Å². The van der Waals surface area contributed by atoms with Crippen LogP contribution in [-0.4, -0.2) is 41.7 Å². The number of nitrogens with zero attached hydrogens (tertiary/aromatic N) is 7. The Balaban J connectivity index is 1.67. The number of aromatic nitrogens is 6. The third-order valence-electron chi connectivity index (χ3n) is 6.51. The largest absolute Gasteiger partial charge is 0.352 e. The van der Waals surface area contributed by atoms with E-state index < -0.39 is 0 Å². The third kappa shape index (κ3) is 3.41. The number of hydrogen-bond acceptors (Lipinski definition) is 7. The molecule has 1 saturated carbocycles. The van der Waals surface area contributed by atoms with Crippen molar-refractivity contribution in [1.29, 1.82) is 0 Å². The van der Waals surface area contributed by atoms with Crippen LogP contribution < -0.4 is 10.2 Å². The first-order chi connectivity index (χ1) is 15.6. The van der Waals surface area contributed by atoms with Gasteiger partial charge in [0.1, 0.15) is 12.0 Å². The molecule has 1 fully saturated rings. The molecule has 1 amide bonds. The van der Waals surface area contributed by atoms with E-state index in [2.05, 4.69) is 36.9 Å². The fourth-order valence-corrected chi connectivity index (χ4v) is 5.04. The minimum atomic E-state index is -0.0827. The molecule has 166 valence electrons. The van der Waals surface area contributed by atoms with Gasteiger partial charge in [-0.15, -0.1) is 10.2 Å². The monoisotopic (exact) mass is 432 g/mol. The second kappa shape index (κ2) is 8.29. The number of nitrogens with one attached hydrogen (secondary N) is 1. The Morgan fingerprint density at radius 1 is 1.25 bits per heavy atom. The lowest BCUT2D eigenvalue weighted by Gasteiger charge is -2.41. The van der Waals surface area contributed by atoms with Crippen molar-refractivity contribution >= 4 is 11.7 Å². The topological polar surface area (TPSA) is 102 Å². The number of carbonyl (C=O) groups excluding carboxylic acids is 1. The smallest absolute Gasteiger partial charge is 0.217 e.